The summed E-state index contributed by atoms with van der Waals surface area (Å²) in [4.78, 5) is 21.7. The minimum Gasteiger partial charge on any atom is -0.480 e. The molecule has 1 unspecified atom stereocenters. The SMILES string of the molecule is O=C(O)CNC1CCN(C(=O)C(F)(F)F)C1. The molecule has 0 aliphatic carbocycles. The second-order valence-corrected chi connectivity index (χ2v) is 3.51. The number of amides is 1. The molecule has 0 aromatic heterocycles. The number of nitrogens with one attached hydrogen (secondary N) is 1. The van der Waals surface area contributed by atoms with E-state index >= 15 is 0 Å². The van der Waals surface area contributed by atoms with Gasteiger partial charge >= 0.3 is 18.1 Å². The first-order valence-electron chi connectivity index (χ1n) is 4.62. The average molecular weight is 240 g/mol. The number of likely N-dealkylation sites (tertiary alicyclic amines) is 1. The first-order valence-corrected chi connectivity index (χ1v) is 4.62. The van der Waals surface area contributed by atoms with Crippen LogP contribution in [0.1, 0.15) is 6.42 Å². The van der Waals surface area contributed by atoms with E-state index in [1.165, 1.54) is 0 Å². The van der Waals surface area contributed by atoms with Crippen LogP contribution in [0.15, 0.2) is 0 Å². The van der Waals surface area contributed by atoms with Gasteiger partial charge < -0.3 is 15.3 Å². The Balaban J connectivity index is 2.41. The predicted octanol–water partition coefficient (Wildman–Crippen LogP) is -0.176. The highest BCUT2D eigenvalue weighted by Gasteiger charge is 2.44. The summed E-state index contributed by atoms with van der Waals surface area (Å²) in [6, 6.07) is -0.387. The zero-order valence-electron chi connectivity index (χ0n) is 8.25. The molecule has 1 heterocycles. The molecule has 16 heavy (non-hydrogen) atoms. The van der Waals surface area contributed by atoms with E-state index in [9.17, 15) is 22.8 Å². The van der Waals surface area contributed by atoms with Gasteiger partial charge in [-0.2, -0.15) is 13.2 Å². The number of aliphatic carboxylic acids is 1. The number of hydrogen-bond donors (Lipinski definition) is 2. The molecule has 1 saturated heterocycles. The molecule has 1 fully saturated rings. The third-order valence-electron chi connectivity index (χ3n) is 2.26. The van der Waals surface area contributed by atoms with E-state index in [1.807, 2.05) is 0 Å². The highest BCUT2D eigenvalue weighted by Crippen LogP contribution is 2.21. The summed E-state index contributed by atoms with van der Waals surface area (Å²) in [5.41, 5.74) is 0. The lowest BCUT2D eigenvalue weighted by molar-refractivity contribution is -0.184. The van der Waals surface area contributed by atoms with Crippen molar-refractivity contribution in [2.75, 3.05) is 19.6 Å². The monoisotopic (exact) mass is 240 g/mol. The van der Waals surface area contributed by atoms with Crippen molar-refractivity contribution in [3.05, 3.63) is 0 Å². The van der Waals surface area contributed by atoms with E-state index in [0.717, 1.165) is 0 Å². The van der Waals surface area contributed by atoms with Gasteiger partial charge in [-0.25, -0.2) is 0 Å². The van der Waals surface area contributed by atoms with E-state index in [-0.39, 0.29) is 25.7 Å². The van der Waals surface area contributed by atoms with Crippen LogP contribution in [-0.2, 0) is 9.59 Å². The summed E-state index contributed by atoms with van der Waals surface area (Å²) in [7, 11) is 0. The molecule has 92 valence electrons. The Morgan fingerprint density at radius 2 is 2.06 bits per heavy atom. The minimum absolute atomic E-state index is 0.00434. The summed E-state index contributed by atoms with van der Waals surface area (Å²) in [6.45, 7) is -0.431. The van der Waals surface area contributed by atoms with E-state index in [0.29, 0.717) is 11.3 Å². The molecule has 1 aliphatic rings. The quantitative estimate of drug-likeness (QED) is 0.718. The Bertz CT molecular complexity index is 293. The van der Waals surface area contributed by atoms with E-state index < -0.39 is 18.1 Å². The molecule has 5 nitrogen and oxygen atoms in total. The van der Waals surface area contributed by atoms with Crippen LogP contribution < -0.4 is 5.32 Å². The van der Waals surface area contributed by atoms with E-state index in [4.69, 9.17) is 5.11 Å². The number of hydrogen-bond acceptors (Lipinski definition) is 3. The van der Waals surface area contributed by atoms with Crippen LogP contribution in [0, 0.1) is 0 Å². The molecular weight excluding hydrogens is 229 g/mol. The highest BCUT2D eigenvalue weighted by atomic mass is 19.4. The Labute approximate surface area is 89.2 Å². The maximum Gasteiger partial charge on any atom is 0.471 e. The molecule has 1 aliphatic heterocycles. The van der Waals surface area contributed by atoms with Crippen molar-refractivity contribution in [2.45, 2.75) is 18.6 Å². The van der Waals surface area contributed by atoms with Gasteiger partial charge in [-0.1, -0.05) is 0 Å². The Morgan fingerprint density at radius 3 is 2.56 bits per heavy atom. The Hall–Kier alpha value is -1.31. The smallest absolute Gasteiger partial charge is 0.471 e. The number of alkyl halides is 3. The van der Waals surface area contributed by atoms with Crippen molar-refractivity contribution in [1.29, 1.82) is 0 Å². The van der Waals surface area contributed by atoms with Gasteiger partial charge in [0.2, 0.25) is 0 Å². The van der Waals surface area contributed by atoms with Crippen LogP contribution in [-0.4, -0.2) is 53.7 Å². The van der Waals surface area contributed by atoms with Crippen molar-refractivity contribution in [3.8, 4) is 0 Å². The van der Waals surface area contributed by atoms with Crippen LogP contribution in [0.3, 0.4) is 0 Å². The minimum atomic E-state index is -4.86. The van der Waals surface area contributed by atoms with Crippen molar-refractivity contribution >= 4 is 11.9 Å². The number of carbonyl (C=O) groups is 2. The van der Waals surface area contributed by atoms with E-state index in [1.54, 1.807) is 0 Å². The standard InChI is InChI=1S/C8H11F3N2O3/c9-8(10,11)7(16)13-2-1-5(4-13)12-3-6(14)15/h5,12H,1-4H2,(H,14,15). The summed E-state index contributed by atoms with van der Waals surface area (Å²) in [5, 5.41) is 10.9. The molecular formula is C8H11F3N2O3. The summed E-state index contributed by atoms with van der Waals surface area (Å²) < 4.78 is 36.1. The normalized spacial score (nSPS) is 21.2. The lowest BCUT2D eigenvalue weighted by Gasteiger charge is -2.18. The molecule has 8 heteroatoms. The largest absolute Gasteiger partial charge is 0.480 e. The predicted molar refractivity (Wildman–Crippen MR) is 46.7 cm³/mol. The highest BCUT2D eigenvalue weighted by molar-refractivity contribution is 5.82. The third kappa shape index (κ3) is 3.37. The Kier molecular flexibility index (Phi) is 3.74. The molecule has 1 amide bonds. The third-order valence-corrected chi connectivity index (χ3v) is 2.26. The fourth-order valence-electron chi connectivity index (χ4n) is 1.52. The molecule has 1 rings (SSSR count). The lowest BCUT2D eigenvalue weighted by atomic mass is 10.2. The summed E-state index contributed by atoms with van der Waals surface area (Å²) in [5.74, 6) is -2.95. The first kappa shape index (κ1) is 12.8. The van der Waals surface area contributed by atoms with Gasteiger partial charge in [0.1, 0.15) is 0 Å². The topological polar surface area (TPSA) is 69.6 Å². The molecule has 0 saturated carbocycles. The molecule has 0 radical (unpaired) electrons. The zero-order chi connectivity index (χ0) is 12.3. The van der Waals surface area contributed by atoms with Gasteiger partial charge in [0, 0.05) is 19.1 Å². The fraction of sp³-hybridized carbons (Fsp3) is 0.750. The van der Waals surface area contributed by atoms with Crippen LogP contribution in [0.4, 0.5) is 13.2 Å². The van der Waals surface area contributed by atoms with Gasteiger partial charge in [0.15, 0.2) is 0 Å². The molecule has 0 spiro atoms. The van der Waals surface area contributed by atoms with Crippen molar-refractivity contribution in [1.82, 2.24) is 10.2 Å². The van der Waals surface area contributed by atoms with Gasteiger partial charge in [0.05, 0.1) is 6.54 Å². The number of rotatable bonds is 3. The van der Waals surface area contributed by atoms with Gasteiger partial charge in [-0.15, -0.1) is 0 Å². The average Bonchev–Trinajstić information content (AvgIpc) is 2.60. The number of carbonyl (C=O) groups excluding carboxylic acids is 1. The lowest BCUT2D eigenvalue weighted by Crippen LogP contribution is -2.42. The number of carboxylic acids is 1. The van der Waals surface area contributed by atoms with Crippen LogP contribution in [0.25, 0.3) is 0 Å². The second-order valence-electron chi connectivity index (χ2n) is 3.51. The zero-order valence-corrected chi connectivity index (χ0v) is 8.25. The van der Waals surface area contributed by atoms with Crippen LogP contribution in [0.2, 0.25) is 0 Å². The van der Waals surface area contributed by atoms with Crippen molar-refractivity contribution in [3.63, 3.8) is 0 Å². The number of nitrogens with zero attached hydrogens (tertiary/aromatic N) is 1. The molecule has 1 atom stereocenters. The van der Waals surface area contributed by atoms with Crippen molar-refractivity contribution in [2.24, 2.45) is 0 Å². The van der Waals surface area contributed by atoms with Gasteiger partial charge in [-0.3, -0.25) is 9.59 Å². The molecule has 0 aromatic rings. The van der Waals surface area contributed by atoms with Crippen LogP contribution in [0.5, 0.6) is 0 Å². The van der Waals surface area contributed by atoms with Crippen LogP contribution >= 0.6 is 0 Å². The second kappa shape index (κ2) is 4.69. The number of carboxylic acid groups (broad SMARTS) is 1. The first-order chi connectivity index (χ1) is 7.30. The molecule has 2 N–H and O–H groups in total. The molecule has 0 aromatic carbocycles. The maximum absolute atomic E-state index is 12.0. The number of halogens is 3. The summed E-state index contributed by atoms with van der Waals surface area (Å²) in [6.07, 6.45) is -4.53. The Morgan fingerprint density at radius 1 is 1.44 bits per heavy atom. The van der Waals surface area contributed by atoms with Gasteiger partial charge in [0.25, 0.3) is 0 Å². The van der Waals surface area contributed by atoms with E-state index in [2.05, 4.69) is 5.32 Å². The van der Waals surface area contributed by atoms with Crippen molar-refractivity contribution < 1.29 is 27.9 Å². The fourth-order valence-corrected chi connectivity index (χ4v) is 1.52. The molecule has 0 bridgehead atoms. The van der Waals surface area contributed by atoms with Gasteiger partial charge in [-0.05, 0) is 6.42 Å². The maximum atomic E-state index is 12.0. The summed E-state index contributed by atoms with van der Waals surface area (Å²) >= 11 is 0.